The summed E-state index contributed by atoms with van der Waals surface area (Å²) in [5.74, 6) is 0.526. The van der Waals surface area contributed by atoms with Crippen LogP contribution in [-0.2, 0) is 9.47 Å². The van der Waals surface area contributed by atoms with Gasteiger partial charge < -0.3 is 14.4 Å². The van der Waals surface area contributed by atoms with Gasteiger partial charge in [0.25, 0.3) is 0 Å². The molecule has 6 heteroatoms. The van der Waals surface area contributed by atoms with Gasteiger partial charge in [-0.1, -0.05) is 6.07 Å². The van der Waals surface area contributed by atoms with Crippen molar-refractivity contribution < 1.29 is 14.3 Å². The molecule has 0 radical (unpaired) electrons. The topological polar surface area (TPSA) is 51.7 Å². The molecule has 116 valence electrons. The molecule has 2 aromatic rings. The molecule has 0 aromatic carbocycles. The van der Waals surface area contributed by atoms with Crippen LogP contribution in [0.2, 0.25) is 0 Å². The molecule has 3 rings (SSSR count). The average molecular weight is 318 g/mol. The monoisotopic (exact) mass is 318 g/mol. The number of hydrogen-bond donors (Lipinski definition) is 0. The molecule has 1 atom stereocenters. The van der Waals surface area contributed by atoms with Crippen molar-refractivity contribution in [1.29, 1.82) is 0 Å². The number of carbonyl (C=O) groups excluding carboxylic acids is 1. The standard InChI is InChI=1S/C16H18N2O3S/c1-2-20-16(19)12-5-6-15(17-10-12)18-7-8-21-13(11-18)14-4-3-9-22-14/h3-6,9-10,13H,2,7-8,11H2,1H3. The van der Waals surface area contributed by atoms with Gasteiger partial charge in [-0.05, 0) is 30.5 Å². The van der Waals surface area contributed by atoms with Gasteiger partial charge in [0, 0.05) is 17.6 Å². The second-order valence-electron chi connectivity index (χ2n) is 4.95. The number of anilines is 1. The molecule has 1 saturated heterocycles. The van der Waals surface area contributed by atoms with Gasteiger partial charge in [0.15, 0.2) is 0 Å². The van der Waals surface area contributed by atoms with Crippen LogP contribution in [0.25, 0.3) is 0 Å². The molecule has 0 N–H and O–H groups in total. The lowest BCUT2D eigenvalue weighted by atomic mass is 10.2. The molecule has 2 aromatic heterocycles. The van der Waals surface area contributed by atoms with Crippen LogP contribution in [-0.4, -0.2) is 37.3 Å². The van der Waals surface area contributed by atoms with E-state index in [4.69, 9.17) is 9.47 Å². The molecule has 1 aliphatic heterocycles. The minimum absolute atomic E-state index is 0.0836. The third-order valence-corrected chi connectivity index (χ3v) is 4.47. The lowest BCUT2D eigenvalue weighted by Crippen LogP contribution is -2.38. The van der Waals surface area contributed by atoms with E-state index in [-0.39, 0.29) is 12.1 Å². The molecule has 1 unspecified atom stereocenters. The number of carbonyl (C=O) groups is 1. The van der Waals surface area contributed by atoms with E-state index in [0.717, 1.165) is 18.9 Å². The maximum Gasteiger partial charge on any atom is 0.339 e. The lowest BCUT2D eigenvalue weighted by molar-refractivity contribution is 0.0418. The number of pyridine rings is 1. The number of aromatic nitrogens is 1. The fourth-order valence-electron chi connectivity index (χ4n) is 2.41. The number of ether oxygens (including phenoxy) is 2. The van der Waals surface area contributed by atoms with Crippen molar-refractivity contribution in [2.75, 3.05) is 31.2 Å². The van der Waals surface area contributed by atoms with E-state index in [9.17, 15) is 4.79 Å². The lowest BCUT2D eigenvalue weighted by Gasteiger charge is -2.33. The first kappa shape index (κ1) is 15.0. The molecule has 5 nitrogen and oxygen atoms in total. The van der Waals surface area contributed by atoms with Crippen LogP contribution in [0.4, 0.5) is 5.82 Å². The predicted octanol–water partition coefficient (Wildman–Crippen LogP) is 2.90. The van der Waals surface area contributed by atoms with E-state index in [1.807, 2.05) is 12.1 Å². The van der Waals surface area contributed by atoms with Gasteiger partial charge in [-0.25, -0.2) is 9.78 Å². The second-order valence-corrected chi connectivity index (χ2v) is 5.93. The summed E-state index contributed by atoms with van der Waals surface area (Å²) in [5, 5.41) is 2.06. The van der Waals surface area contributed by atoms with E-state index >= 15 is 0 Å². The molecule has 1 aliphatic rings. The first-order chi connectivity index (χ1) is 10.8. The molecule has 0 spiro atoms. The Morgan fingerprint density at radius 3 is 3.09 bits per heavy atom. The van der Waals surface area contributed by atoms with Crippen molar-refractivity contribution in [3.8, 4) is 0 Å². The van der Waals surface area contributed by atoms with E-state index in [0.29, 0.717) is 18.8 Å². The second kappa shape index (κ2) is 6.89. The van der Waals surface area contributed by atoms with Crippen LogP contribution in [0.3, 0.4) is 0 Å². The molecule has 22 heavy (non-hydrogen) atoms. The summed E-state index contributed by atoms with van der Waals surface area (Å²) >= 11 is 1.71. The average Bonchev–Trinajstić information content (AvgIpc) is 3.10. The summed E-state index contributed by atoms with van der Waals surface area (Å²) in [6.07, 6.45) is 1.66. The van der Waals surface area contributed by atoms with Crippen LogP contribution in [0.15, 0.2) is 35.8 Å². The van der Waals surface area contributed by atoms with E-state index in [1.54, 1.807) is 30.5 Å². The van der Waals surface area contributed by atoms with Gasteiger partial charge in [-0.15, -0.1) is 11.3 Å². The number of esters is 1. The van der Waals surface area contributed by atoms with Crippen molar-refractivity contribution in [2.45, 2.75) is 13.0 Å². The van der Waals surface area contributed by atoms with E-state index < -0.39 is 0 Å². The molecular weight excluding hydrogens is 300 g/mol. The number of rotatable bonds is 4. The Kier molecular flexibility index (Phi) is 4.70. The normalized spacial score (nSPS) is 18.2. The smallest absolute Gasteiger partial charge is 0.339 e. The molecule has 1 fully saturated rings. The highest BCUT2D eigenvalue weighted by Crippen LogP contribution is 2.28. The van der Waals surface area contributed by atoms with Crippen LogP contribution < -0.4 is 4.90 Å². The number of morpholine rings is 1. The highest BCUT2D eigenvalue weighted by Gasteiger charge is 2.23. The van der Waals surface area contributed by atoms with Crippen LogP contribution in [0, 0.1) is 0 Å². The van der Waals surface area contributed by atoms with Crippen molar-refractivity contribution in [1.82, 2.24) is 4.98 Å². The molecule has 0 amide bonds. The van der Waals surface area contributed by atoms with Gasteiger partial charge in [-0.3, -0.25) is 0 Å². The number of thiophene rings is 1. The Bertz CT molecular complexity index is 613. The van der Waals surface area contributed by atoms with Crippen molar-refractivity contribution in [3.05, 3.63) is 46.3 Å². The van der Waals surface area contributed by atoms with Crippen molar-refractivity contribution in [3.63, 3.8) is 0 Å². The Hall–Kier alpha value is -1.92. The summed E-state index contributed by atoms with van der Waals surface area (Å²) in [5.41, 5.74) is 0.480. The highest BCUT2D eigenvalue weighted by molar-refractivity contribution is 7.10. The minimum atomic E-state index is -0.333. The van der Waals surface area contributed by atoms with Gasteiger partial charge in [0.05, 0.1) is 25.3 Å². The first-order valence-electron chi connectivity index (χ1n) is 7.31. The SMILES string of the molecule is CCOC(=O)c1ccc(N2CCOC(c3cccs3)C2)nc1. The summed E-state index contributed by atoms with van der Waals surface area (Å²) in [4.78, 5) is 19.5. The Labute approximate surface area is 133 Å². The maximum atomic E-state index is 11.6. The fraction of sp³-hybridized carbons (Fsp3) is 0.375. The summed E-state index contributed by atoms with van der Waals surface area (Å²) < 4.78 is 10.8. The predicted molar refractivity (Wildman–Crippen MR) is 85.4 cm³/mol. The van der Waals surface area contributed by atoms with Crippen molar-refractivity contribution in [2.24, 2.45) is 0 Å². The Morgan fingerprint density at radius 1 is 1.50 bits per heavy atom. The zero-order valence-electron chi connectivity index (χ0n) is 12.4. The molecule has 0 aliphatic carbocycles. The Morgan fingerprint density at radius 2 is 2.41 bits per heavy atom. The Balaban J connectivity index is 1.69. The van der Waals surface area contributed by atoms with Crippen LogP contribution >= 0.6 is 11.3 Å². The summed E-state index contributed by atoms with van der Waals surface area (Å²) in [6.45, 7) is 4.40. The number of hydrogen-bond acceptors (Lipinski definition) is 6. The van der Waals surface area contributed by atoms with E-state index in [2.05, 4.69) is 21.3 Å². The summed E-state index contributed by atoms with van der Waals surface area (Å²) in [7, 11) is 0. The number of nitrogens with zero attached hydrogens (tertiary/aromatic N) is 2. The van der Waals surface area contributed by atoms with Gasteiger partial charge in [-0.2, -0.15) is 0 Å². The van der Waals surface area contributed by atoms with Gasteiger partial charge in [0.2, 0.25) is 0 Å². The molecule has 3 heterocycles. The zero-order chi connectivity index (χ0) is 15.4. The fourth-order valence-corrected chi connectivity index (χ4v) is 3.18. The minimum Gasteiger partial charge on any atom is -0.462 e. The molecule has 0 saturated carbocycles. The van der Waals surface area contributed by atoms with Crippen LogP contribution in [0.1, 0.15) is 28.3 Å². The summed E-state index contributed by atoms with van der Waals surface area (Å²) in [6, 6.07) is 7.75. The molecular formula is C16H18N2O3S. The maximum absolute atomic E-state index is 11.6. The highest BCUT2D eigenvalue weighted by atomic mass is 32.1. The van der Waals surface area contributed by atoms with Crippen LogP contribution in [0.5, 0.6) is 0 Å². The van der Waals surface area contributed by atoms with E-state index in [1.165, 1.54) is 4.88 Å². The van der Waals surface area contributed by atoms with Gasteiger partial charge in [0.1, 0.15) is 11.9 Å². The largest absolute Gasteiger partial charge is 0.462 e. The molecule has 0 bridgehead atoms. The third-order valence-electron chi connectivity index (χ3n) is 3.51. The van der Waals surface area contributed by atoms with Crippen molar-refractivity contribution >= 4 is 23.1 Å². The van der Waals surface area contributed by atoms with Gasteiger partial charge >= 0.3 is 5.97 Å². The quantitative estimate of drug-likeness (QED) is 0.811. The third kappa shape index (κ3) is 3.28. The zero-order valence-corrected chi connectivity index (χ0v) is 13.2. The first-order valence-corrected chi connectivity index (χ1v) is 8.19.